The maximum absolute atomic E-state index is 9.16. The summed E-state index contributed by atoms with van der Waals surface area (Å²) in [5, 5.41) is 0. The Hall–Kier alpha value is 0.180. The smallest absolute Gasteiger partial charge is 0.269 e. The standard InChI is InChI=1S/C2H6.Cl2O2S.5FH/c1-2;1-5(2,3)4;;;;;/h1-2H3;;5*1H. The van der Waals surface area contributed by atoms with Crippen molar-refractivity contribution >= 4 is 29.6 Å². The molecule has 12 heavy (non-hydrogen) atoms. The Morgan fingerprint density at radius 2 is 0.750 bits per heavy atom. The molecule has 0 aliphatic carbocycles. The SMILES string of the molecule is CC.F.F.F.F.F.O=S(=O)(Cl)Cl. The summed E-state index contributed by atoms with van der Waals surface area (Å²) in [5.41, 5.74) is 0. The lowest BCUT2D eigenvalue weighted by Crippen LogP contribution is -1.63. The molecule has 0 saturated carbocycles. The zero-order chi connectivity index (χ0) is 6.50. The van der Waals surface area contributed by atoms with Crippen LogP contribution in [0.3, 0.4) is 0 Å². The summed E-state index contributed by atoms with van der Waals surface area (Å²) in [6.45, 7) is 4.00. The highest BCUT2D eigenvalue weighted by atomic mass is 36.0. The largest absolute Gasteiger partial charge is 0.317 e. The van der Waals surface area contributed by atoms with Gasteiger partial charge in [0.25, 0.3) is 0 Å². The second kappa shape index (κ2) is 30.3. The van der Waals surface area contributed by atoms with Crippen LogP contribution in [0.5, 0.6) is 0 Å². The van der Waals surface area contributed by atoms with E-state index in [2.05, 4.69) is 21.4 Å². The van der Waals surface area contributed by atoms with E-state index in [-0.39, 0.29) is 23.5 Å². The van der Waals surface area contributed by atoms with E-state index in [1.165, 1.54) is 0 Å². The zero-order valence-corrected chi connectivity index (χ0v) is 8.35. The summed E-state index contributed by atoms with van der Waals surface area (Å²) in [7, 11) is 4.81. The summed E-state index contributed by atoms with van der Waals surface area (Å²) < 4.78 is 18.3. The predicted molar refractivity (Wildman–Crippen MR) is 44.5 cm³/mol. The molecule has 0 N–H and O–H groups in total. The number of rotatable bonds is 0. The van der Waals surface area contributed by atoms with E-state index >= 15 is 0 Å². The van der Waals surface area contributed by atoms with Crippen LogP contribution in [0.4, 0.5) is 23.5 Å². The summed E-state index contributed by atoms with van der Waals surface area (Å²) in [5.74, 6) is 0. The van der Waals surface area contributed by atoms with Gasteiger partial charge >= 0.3 is 8.26 Å². The molecule has 0 fully saturated rings. The number of halogens is 7. The number of hydrogen-bond donors (Lipinski definition) is 0. The summed E-state index contributed by atoms with van der Waals surface area (Å²) in [6, 6.07) is 0. The molecule has 10 heteroatoms. The van der Waals surface area contributed by atoms with Gasteiger partial charge in [-0.3, -0.25) is 23.5 Å². The van der Waals surface area contributed by atoms with Crippen LogP contribution in [0.25, 0.3) is 0 Å². The Balaban J connectivity index is -0.00000000671. The van der Waals surface area contributed by atoms with E-state index in [1.807, 2.05) is 13.8 Å². The molecule has 0 aromatic heterocycles. The lowest BCUT2D eigenvalue weighted by molar-refractivity contribution is 0.621. The van der Waals surface area contributed by atoms with E-state index in [0.717, 1.165) is 0 Å². The van der Waals surface area contributed by atoms with Gasteiger partial charge in [-0.2, -0.15) is 8.42 Å². The molecule has 0 amide bonds. The van der Waals surface area contributed by atoms with E-state index in [1.54, 1.807) is 0 Å². The van der Waals surface area contributed by atoms with Gasteiger partial charge in [-0.1, -0.05) is 13.8 Å². The third kappa shape index (κ3) is 26500. The van der Waals surface area contributed by atoms with Gasteiger partial charge < -0.3 is 0 Å². The van der Waals surface area contributed by atoms with Crippen LogP contribution in [0.15, 0.2) is 0 Å². The van der Waals surface area contributed by atoms with Crippen molar-refractivity contribution in [3.63, 3.8) is 0 Å². The first-order chi connectivity index (χ1) is 3.00. The van der Waals surface area contributed by atoms with Crippen molar-refractivity contribution in [2.24, 2.45) is 0 Å². The molecule has 0 heterocycles. The third-order valence-corrected chi connectivity index (χ3v) is 0. The highest BCUT2D eigenvalue weighted by Crippen LogP contribution is 1.98. The molecule has 0 aliphatic rings. The molecule has 0 spiro atoms. The van der Waals surface area contributed by atoms with Gasteiger partial charge in [-0.25, -0.2) is 0 Å². The van der Waals surface area contributed by atoms with Crippen molar-refractivity contribution in [2.75, 3.05) is 0 Å². The second-order valence-corrected chi connectivity index (χ2v) is 4.05. The van der Waals surface area contributed by atoms with Crippen molar-refractivity contribution in [3.05, 3.63) is 0 Å². The maximum Gasteiger partial charge on any atom is 0.317 e. The minimum absolute atomic E-state index is 0. The molecule has 0 unspecified atom stereocenters. The van der Waals surface area contributed by atoms with Gasteiger partial charge in [0.15, 0.2) is 0 Å². The molecule has 0 aromatic carbocycles. The lowest BCUT2D eigenvalue weighted by Gasteiger charge is -1.61. The van der Waals surface area contributed by atoms with Crippen LogP contribution in [0.2, 0.25) is 0 Å². The van der Waals surface area contributed by atoms with Crippen LogP contribution in [-0.2, 0) is 8.26 Å². The quantitative estimate of drug-likeness (QED) is 0.498. The number of hydrogen-bond acceptors (Lipinski definition) is 2. The molecule has 0 rings (SSSR count). The van der Waals surface area contributed by atoms with Gasteiger partial charge in [0.1, 0.15) is 0 Å². The highest BCUT2D eigenvalue weighted by molar-refractivity contribution is 8.31. The average molecular weight is 265 g/mol. The monoisotopic (exact) mass is 264 g/mol. The Kier molecular flexibility index (Phi) is 143. The van der Waals surface area contributed by atoms with E-state index < -0.39 is 8.26 Å². The molecule has 0 saturated heterocycles. The van der Waals surface area contributed by atoms with E-state index in [9.17, 15) is 0 Å². The Morgan fingerprint density at radius 1 is 0.750 bits per heavy atom. The van der Waals surface area contributed by atoms with Crippen molar-refractivity contribution < 1.29 is 31.9 Å². The molecular formula is C2H11Cl2F5O2S. The van der Waals surface area contributed by atoms with Crippen LogP contribution in [-0.4, -0.2) is 8.42 Å². The van der Waals surface area contributed by atoms with Gasteiger partial charge in [-0.05, 0) is 0 Å². The minimum Gasteiger partial charge on any atom is -0.269 e. The maximum atomic E-state index is 9.16. The predicted octanol–water partition coefficient (Wildman–Crippen LogP) is 2.50. The molecule has 0 aromatic rings. The van der Waals surface area contributed by atoms with E-state index in [0.29, 0.717) is 0 Å². The van der Waals surface area contributed by atoms with Gasteiger partial charge in [-0.15, -0.1) is 0 Å². The van der Waals surface area contributed by atoms with Crippen LogP contribution in [0.1, 0.15) is 13.8 Å². The topological polar surface area (TPSA) is 34.1 Å². The molecule has 0 bridgehead atoms. The van der Waals surface area contributed by atoms with Crippen LogP contribution < -0.4 is 0 Å². The van der Waals surface area contributed by atoms with Crippen LogP contribution >= 0.6 is 21.4 Å². The molecule has 0 radical (unpaired) electrons. The van der Waals surface area contributed by atoms with Gasteiger partial charge in [0, 0.05) is 21.4 Å². The van der Waals surface area contributed by atoms with Crippen molar-refractivity contribution in [1.29, 1.82) is 0 Å². The first-order valence-corrected chi connectivity index (χ1v) is 4.78. The second-order valence-electron chi connectivity index (χ2n) is 0.378. The molecule has 2 nitrogen and oxygen atoms in total. The Bertz CT molecular complexity index is 109. The molecule has 0 aliphatic heterocycles. The fraction of sp³-hybridized carbons (Fsp3) is 1.00. The first kappa shape index (κ1) is 56.7. The fourth-order valence-corrected chi connectivity index (χ4v) is 0. The Labute approximate surface area is 76.0 Å². The summed E-state index contributed by atoms with van der Waals surface area (Å²) >= 11 is 0. The Morgan fingerprint density at radius 3 is 0.750 bits per heavy atom. The third-order valence-electron chi connectivity index (χ3n) is 0. The van der Waals surface area contributed by atoms with Gasteiger partial charge in [0.2, 0.25) is 0 Å². The van der Waals surface area contributed by atoms with Crippen molar-refractivity contribution in [1.82, 2.24) is 0 Å². The summed E-state index contributed by atoms with van der Waals surface area (Å²) in [6.07, 6.45) is 0. The summed E-state index contributed by atoms with van der Waals surface area (Å²) in [4.78, 5) is 0. The molecule has 0 atom stereocenters. The van der Waals surface area contributed by atoms with Crippen LogP contribution in [0, 0.1) is 0 Å². The van der Waals surface area contributed by atoms with Gasteiger partial charge in [0.05, 0.1) is 0 Å². The lowest BCUT2D eigenvalue weighted by atomic mass is 11.0. The van der Waals surface area contributed by atoms with Crippen molar-refractivity contribution in [3.8, 4) is 0 Å². The average Bonchev–Trinajstić information content (AvgIpc) is 1.36. The molecule has 86 valence electrons. The highest BCUT2D eigenvalue weighted by Gasteiger charge is 1.88. The van der Waals surface area contributed by atoms with Crippen molar-refractivity contribution in [2.45, 2.75) is 13.8 Å². The first-order valence-electron chi connectivity index (χ1n) is 1.64. The normalized spacial score (nSPS) is 5.33. The minimum atomic E-state index is -3.72. The fourth-order valence-electron chi connectivity index (χ4n) is 0. The van der Waals surface area contributed by atoms with E-state index in [4.69, 9.17) is 8.42 Å². The molecular weight excluding hydrogens is 254 g/mol. The zero-order valence-electron chi connectivity index (χ0n) is 6.02.